The zero-order valence-corrected chi connectivity index (χ0v) is 13.3. The van der Waals surface area contributed by atoms with Crippen LogP contribution < -0.4 is 10.0 Å². The van der Waals surface area contributed by atoms with Crippen molar-refractivity contribution in [3.63, 3.8) is 0 Å². The van der Waals surface area contributed by atoms with Gasteiger partial charge in [0.15, 0.2) is 0 Å². The highest BCUT2D eigenvalue weighted by Gasteiger charge is 2.28. The predicted molar refractivity (Wildman–Crippen MR) is 80.8 cm³/mol. The van der Waals surface area contributed by atoms with Gasteiger partial charge in [0.25, 0.3) is 10.2 Å². The van der Waals surface area contributed by atoms with Crippen LogP contribution in [0.5, 0.6) is 0 Å². The zero-order valence-electron chi connectivity index (χ0n) is 12.5. The van der Waals surface area contributed by atoms with E-state index in [2.05, 4.69) is 14.9 Å². The maximum absolute atomic E-state index is 12.3. The third kappa shape index (κ3) is 4.66. The summed E-state index contributed by atoms with van der Waals surface area (Å²) in [5, 5.41) is 3.14. The number of piperidine rings is 1. The van der Waals surface area contributed by atoms with Crippen molar-refractivity contribution < 1.29 is 8.42 Å². The van der Waals surface area contributed by atoms with Crippen LogP contribution >= 0.6 is 0 Å². The van der Waals surface area contributed by atoms with Crippen molar-refractivity contribution >= 4 is 10.2 Å². The van der Waals surface area contributed by atoms with Gasteiger partial charge in [0.1, 0.15) is 0 Å². The molecule has 1 unspecified atom stereocenters. The van der Waals surface area contributed by atoms with E-state index in [0.29, 0.717) is 25.6 Å². The van der Waals surface area contributed by atoms with E-state index >= 15 is 0 Å². The minimum atomic E-state index is -3.30. The molecule has 0 aromatic heterocycles. The van der Waals surface area contributed by atoms with Crippen LogP contribution in [0.4, 0.5) is 0 Å². The van der Waals surface area contributed by atoms with Gasteiger partial charge in [-0.1, -0.05) is 0 Å². The van der Waals surface area contributed by atoms with E-state index in [9.17, 15) is 8.42 Å². The Morgan fingerprint density at radius 2 is 1.90 bits per heavy atom. The average Bonchev–Trinajstić information content (AvgIpc) is 2.92. The summed E-state index contributed by atoms with van der Waals surface area (Å²) in [4.78, 5) is 2.32. The number of rotatable bonds is 7. The summed E-state index contributed by atoms with van der Waals surface area (Å²) in [6, 6.07) is 0. The van der Waals surface area contributed by atoms with Crippen LogP contribution in [0, 0.1) is 5.92 Å². The van der Waals surface area contributed by atoms with E-state index in [-0.39, 0.29) is 0 Å². The van der Waals surface area contributed by atoms with Crippen LogP contribution in [0.2, 0.25) is 0 Å². The first-order valence-corrected chi connectivity index (χ1v) is 9.17. The molecule has 2 N–H and O–H groups in total. The molecule has 7 heteroatoms. The molecular weight excluding hydrogens is 276 g/mol. The van der Waals surface area contributed by atoms with Crippen molar-refractivity contribution in [2.45, 2.75) is 25.7 Å². The Hall–Kier alpha value is -0.210. The van der Waals surface area contributed by atoms with Gasteiger partial charge in [-0.15, -0.1) is 0 Å². The van der Waals surface area contributed by atoms with E-state index in [0.717, 1.165) is 39.0 Å². The summed E-state index contributed by atoms with van der Waals surface area (Å²) in [5.74, 6) is 0.434. The first kappa shape index (κ1) is 16.2. The quantitative estimate of drug-likeness (QED) is 0.686. The first-order valence-electron chi connectivity index (χ1n) is 7.73. The van der Waals surface area contributed by atoms with Crippen molar-refractivity contribution in [2.24, 2.45) is 5.92 Å². The van der Waals surface area contributed by atoms with Gasteiger partial charge >= 0.3 is 0 Å². The van der Waals surface area contributed by atoms with Crippen molar-refractivity contribution in [3.05, 3.63) is 0 Å². The third-order valence-electron chi connectivity index (χ3n) is 4.23. The molecule has 0 amide bonds. The highest BCUT2D eigenvalue weighted by atomic mass is 32.2. The minimum absolute atomic E-state index is 0.434. The smallest absolute Gasteiger partial charge is 0.279 e. The lowest BCUT2D eigenvalue weighted by molar-refractivity contribution is 0.259. The van der Waals surface area contributed by atoms with Crippen LogP contribution in [0.15, 0.2) is 0 Å². The second-order valence-corrected chi connectivity index (χ2v) is 7.63. The fourth-order valence-electron chi connectivity index (χ4n) is 3.13. The lowest BCUT2D eigenvalue weighted by Crippen LogP contribution is -2.48. The van der Waals surface area contributed by atoms with Crippen LogP contribution in [-0.2, 0) is 10.2 Å². The Balaban J connectivity index is 1.76. The van der Waals surface area contributed by atoms with Crippen molar-refractivity contribution in [2.75, 3.05) is 52.9 Å². The molecule has 2 rings (SSSR count). The second-order valence-electron chi connectivity index (χ2n) is 5.87. The summed E-state index contributed by atoms with van der Waals surface area (Å²) in [6.07, 6.45) is 4.55. The van der Waals surface area contributed by atoms with E-state index < -0.39 is 10.2 Å². The van der Waals surface area contributed by atoms with Crippen LogP contribution in [0.3, 0.4) is 0 Å². The van der Waals surface area contributed by atoms with Gasteiger partial charge in [-0.3, -0.25) is 0 Å². The molecule has 0 bridgehead atoms. The Morgan fingerprint density at radius 1 is 1.15 bits per heavy atom. The molecular formula is C13H28N4O2S. The first-order chi connectivity index (χ1) is 9.62. The molecule has 0 saturated carbocycles. The zero-order chi connectivity index (χ0) is 14.4. The standard InChI is InChI=1S/C13H28N4O2S/c1-14-11-13-5-4-9-17(12-13)20(18,19)15-6-10-16-7-2-3-8-16/h13-15H,2-12H2,1H3. The number of likely N-dealkylation sites (tertiary alicyclic amines) is 1. The fraction of sp³-hybridized carbons (Fsp3) is 1.00. The minimum Gasteiger partial charge on any atom is -0.319 e. The Bertz CT molecular complexity index is 380. The van der Waals surface area contributed by atoms with Crippen molar-refractivity contribution in [1.29, 1.82) is 0 Å². The number of hydrogen-bond acceptors (Lipinski definition) is 4. The Kier molecular flexibility index (Phi) is 6.22. The molecule has 0 aliphatic carbocycles. The number of nitrogens with zero attached hydrogens (tertiary/aromatic N) is 2. The molecule has 0 aromatic rings. The maximum atomic E-state index is 12.3. The van der Waals surface area contributed by atoms with Crippen LogP contribution in [0.1, 0.15) is 25.7 Å². The van der Waals surface area contributed by atoms with Crippen molar-refractivity contribution in [3.8, 4) is 0 Å². The monoisotopic (exact) mass is 304 g/mol. The largest absolute Gasteiger partial charge is 0.319 e. The highest BCUT2D eigenvalue weighted by molar-refractivity contribution is 7.87. The third-order valence-corrected chi connectivity index (χ3v) is 5.81. The molecule has 2 aliphatic rings. The average molecular weight is 304 g/mol. The summed E-state index contributed by atoms with van der Waals surface area (Å²) in [5.41, 5.74) is 0. The van der Waals surface area contributed by atoms with E-state index in [4.69, 9.17) is 0 Å². The molecule has 2 aliphatic heterocycles. The van der Waals surface area contributed by atoms with E-state index in [1.165, 1.54) is 12.8 Å². The molecule has 2 saturated heterocycles. The van der Waals surface area contributed by atoms with E-state index in [1.807, 2.05) is 7.05 Å². The van der Waals surface area contributed by atoms with Gasteiger partial charge < -0.3 is 10.2 Å². The van der Waals surface area contributed by atoms with Crippen LogP contribution in [0.25, 0.3) is 0 Å². The SMILES string of the molecule is CNCC1CCCN(S(=O)(=O)NCCN2CCCC2)C1. The second kappa shape index (κ2) is 7.70. The lowest BCUT2D eigenvalue weighted by atomic mass is 10.00. The fourth-order valence-corrected chi connectivity index (χ4v) is 4.44. The Morgan fingerprint density at radius 3 is 2.60 bits per heavy atom. The molecule has 118 valence electrons. The molecule has 20 heavy (non-hydrogen) atoms. The maximum Gasteiger partial charge on any atom is 0.279 e. The molecule has 0 radical (unpaired) electrons. The van der Waals surface area contributed by atoms with Crippen LogP contribution in [-0.4, -0.2) is 70.5 Å². The van der Waals surface area contributed by atoms with Gasteiger partial charge in [0.05, 0.1) is 0 Å². The summed E-state index contributed by atoms with van der Waals surface area (Å²) < 4.78 is 28.9. The molecule has 2 fully saturated rings. The van der Waals surface area contributed by atoms with E-state index in [1.54, 1.807) is 4.31 Å². The molecule has 1 atom stereocenters. The number of nitrogens with one attached hydrogen (secondary N) is 2. The summed E-state index contributed by atoms with van der Waals surface area (Å²) >= 11 is 0. The molecule has 0 aromatic carbocycles. The number of hydrogen-bond donors (Lipinski definition) is 2. The summed E-state index contributed by atoms with van der Waals surface area (Å²) in [7, 11) is -1.38. The normalized spacial score (nSPS) is 26.1. The Labute approximate surface area is 123 Å². The van der Waals surface area contributed by atoms with Crippen molar-refractivity contribution in [1.82, 2.24) is 19.2 Å². The highest BCUT2D eigenvalue weighted by Crippen LogP contribution is 2.17. The predicted octanol–water partition coefficient (Wildman–Crippen LogP) is -0.152. The van der Waals surface area contributed by atoms with Gasteiger partial charge in [-0.2, -0.15) is 12.7 Å². The molecule has 2 heterocycles. The molecule has 6 nitrogen and oxygen atoms in total. The summed E-state index contributed by atoms with van der Waals surface area (Å²) in [6.45, 7) is 5.74. The van der Waals surface area contributed by atoms with Gasteiger partial charge in [0.2, 0.25) is 0 Å². The topological polar surface area (TPSA) is 64.7 Å². The molecule has 0 spiro atoms. The van der Waals surface area contributed by atoms with Gasteiger partial charge in [-0.05, 0) is 58.3 Å². The van der Waals surface area contributed by atoms with Gasteiger partial charge in [0, 0.05) is 26.2 Å². The lowest BCUT2D eigenvalue weighted by Gasteiger charge is -2.32. The van der Waals surface area contributed by atoms with Gasteiger partial charge in [-0.25, -0.2) is 4.72 Å².